The van der Waals surface area contributed by atoms with E-state index in [9.17, 15) is 14.4 Å². The van der Waals surface area contributed by atoms with E-state index in [4.69, 9.17) is 4.74 Å². The van der Waals surface area contributed by atoms with E-state index in [1.807, 2.05) is 58.3 Å². The molecule has 0 atom stereocenters. The molecule has 2 heterocycles. The lowest BCUT2D eigenvalue weighted by Crippen LogP contribution is -2.53. The molecule has 0 aromatic heterocycles. The van der Waals surface area contributed by atoms with Gasteiger partial charge in [-0.2, -0.15) is 0 Å². The maximum atomic E-state index is 12.7. The van der Waals surface area contributed by atoms with Crippen LogP contribution in [0.5, 0.6) is 5.75 Å². The Bertz CT molecular complexity index is 1030. The van der Waals surface area contributed by atoms with E-state index in [1.54, 1.807) is 12.0 Å². The van der Waals surface area contributed by atoms with Crippen molar-refractivity contribution < 1.29 is 19.1 Å². The molecule has 8 heteroatoms. The number of methoxy groups -OCH3 is 1. The van der Waals surface area contributed by atoms with E-state index in [2.05, 4.69) is 5.32 Å². The summed E-state index contributed by atoms with van der Waals surface area (Å²) in [5, 5.41) is 2.95. The minimum atomic E-state index is -0.147. The summed E-state index contributed by atoms with van der Waals surface area (Å²) in [4.78, 5) is 43.4. The van der Waals surface area contributed by atoms with Crippen LogP contribution in [0.1, 0.15) is 40.7 Å². The van der Waals surface area contributed by atoms with Gasteiger partial charge < -0.3 is 24.8 Å². The number of nitrogens with one attached hydrogen (secondary N) is 1. The lowest BCUT2D eigenvalue weighted by atomic mass is 10.1. The minimum Gasteiger partial charge on any atom is -0.497 e. The standard InChI is InChI=1S/C27H34N4O4/c1-35-24-10-7-21(8-11-24)9-12-25(32)29-15-17-31(18-16-29)27(34)28-20-22-5-4-6-23(19-22)26(33)30-13-2-3-14-30/h4-8,10-11,19H,2-3,9,12-18,20H2,1H3,(H,28,34). The van der Waals surface area contributed by atoms with Crippen molar-refractivity contribution in [2.75, 3.05) is 46.4 Å². The van der Waals surface area contributed by atoms with Gasteiger partial charge in [0, 0.05) is 57.8 Å². The number of carbonyl (C=O) groups excluding carboxylic acids is 3. The van der Waals surface area contributed by atoms with E-state index in [0.717, 1.165) is 42.8 Å². The average molecular weight is 479 g/mol. The lowest BCUT2D eigenvalue weighted by molar-refractivity contribution is -0.132. The molecule has 0 bridgehead atoms. The molecule has 2 saturated heterocycles. The van der Waals surface area contributed by atoms with E-state index in [1.165, 1.54) is 0 Å². The molecule has 0 unspecified atom stereocenters. The molecule has 4 rings (SSSR count). The second-order valence-electron chi connectivity index (χ2n) is 9.07. The fraction of sp³-hybridized carbons (Fsp3) is 0.444. The number of aryl methyl sites for hydroxylation is 1. The van der Waals surface area contributed by atoms with Crippen LogP contribution >= 0.6 is 0 Å². The van der Waals surface area contributed by atoms with Crippen LogP contribution in [0.25, 0.3) is 0 Å². The van der Waals surface area contributed by atoms with Gasteiger partial charge in [0.15, 0.2) is 0 Å². The van der Waals surface area contributed by atoms with Gasteiger partial charge in [-0.25, -0.2) is 4.79 Å². The molecule has 0 aliphatic carbocycles. The number of likely N-dealkylation sites (tertiary alicyclic amines) is 1. The van der Waals surface area contributed by atoms with Gasteiger partial charge >= 0.3 is 6.03 Å². The fourth-order valence-electron chi connectivity index (χ4n) is 4.57. The SMILES string of the molecule is COc1ccc(CCC(=O)N2CCN(C(=O)NCc3cccc(C(=O)N4CCCC4)c3)CC2)cc1. The van der Waals surface area contributed by atoms with Crippen molar-refractivity contribution in [2.45, 2.75) is 32.2 Å². The predicted octanol–water partition coefficient (Wildman–Crippen LogP) is 2.92. The van der Waals surface area contributed by atoms with Crippen LogP contribution in [0, 0.1) is 0 Å². The van der Waals surface area contributed by atoms with Crippen LogP contribution in [0.3, 0.4) is 0 Å². The number of urea groups is 1. The normalized spacial score (nSPS) is 15.7. The summed E-state index contributed by atoms with van der Waals surface area (Å²) in [5.41, 5.74) is 2.67. The van der Waals surface area contributed by atoms with Crippen molar-refractivity contribution in [2.24, 2.45) is 0 Å². The summed E-state index contributed by atoms with van der Waals surface area (Å²) < 4.78 is 5.17. The van der Waals surface area contributed by atoms with Crippen molar-refractivity contribution in [1.82, 2.24) is 20.0 Å². The zero-order valence-corrected chi connectivity index (χ0v) is 20.4. The molecule has 186 valence electrons. The molecule has 2 aliphatic heterocycles. The van der Waals surface area contributed by atoms with E-state index in [0.29, 0.717) is 51.1 Å². The van der Waals surface area contributed by atoms with Crippen LogP contribution in [0.4, 0.5) is 4.79 Å². The molecule has 0 spiro atoms. The molecule has 1 N–H and O–H groups in total. The first kappa shape index (κ1) is 24.6. The van der Waals surface area contributed by atoms with Crippen molar-refractivity contribution >= 4 is 17.8 Å². The maximum Gasteiger partial charge on any atom is 0.317 e. The largest absolute Gasteiger partial charge is 0.497 e. The third-order valence-corrected chi connectivity index (χ3v) is 6.72. The number of hydrogen-bond acceptors (Lipinski definition) is 4. The van der Waals surface area contributed by atoms with Crippen LogP contribution in [-0.4, -0.2) is 78.9 Å². The minimum absolute atomic E-state index is 0.0588. The lowest BCUT2D eigenvalue weighted by Gasteiger charge is -2.34. The third-order valence-electron chi connectivity index (χ3n) is 6.72. The van der Waals surface area contributed by atoms with Crippen molar-refractivity contribution in [1.29, 1.82) is 0 Å². The summed E-state index contributed by atoms with van der Waals surface area (Å²) in [6, 6.07) is 15.1. The summed E-state index contributed by atoms with van der Waals surface area (Å²) in [5.74, 6) is 0.974. The van der Waals surface area contributed by atoms with Crippen molar-refractivity contribution in [3.63, 3.8) is 0 Å². The number of carbonyl (C=O) groups is 3. The van der Waals surface area contributed by atoms with Gasteiger partial charge in [-0.05, 0) is 54.7 Å². The van der Waals surface area contributed by atoms with E-state index >= 15 is 0 Å². The molecule has 0 radical (unpaired) electrons. The molecule has 2 fully saturated rings. The Morgan fingerprint density at radius 3 is 2.20 bits per heavy atom. The number of amides is 4. The zero-order chi connectivity index (χ0) is 24.6. The molecule has 2 aromatic carbocycles. The highest BCUT2D eigenvalue weighted by molar-refractivity contribution is 5.94. The third kappa shape index (κ3) is 6.53. The van der Waals surface area contributed by atoms with Crippen LogP contribution in [0.15, 0.2) is 48.5 Å². The Balaban J connectivity index is 1.19. The Labute approximate surface area is 206 Å². The number of rotatable bonds is 7. The average Bonchev–Trinajstić information content (AvgIpc) is 3.45. The van der Waals surface area contributed by atoms with Crippen LogP contribution in [-0.2, 0) is 17.8 Å². The molecule has 0 saturated carbocycles. The van der Waals surface area contributed by atoms with Crippen LogP contribution < -0.4 is 10.1 Å². The Hall–Kier alpha value is -3.55. The molecule has 4 amide bonds. The Morgan fingerprint density at radius 1 is 0.829 bits per heavy atom. The molecule has 8 nitrogen and oxygen atoms in total. The van der Waals surface area contributed by atoms with Gasteiger partial charge in [0.05, 0.1) is 7.11 Å². The fourth-order valence-corrected chi connectivity index (χ4v) is 4.57. The second-order valence-corrected chi connectivity index (χ2v) is 9.07. The van der Waals surface area contributed by atoms with Crippen LogP contribution in [0.2, 0.25) is 0 Å². The number of hydrogen-bond donors (Lipinski definition) is 1. The van der Waals surface area contributed by atoms with Gasteiger partial charge in [-0.15, -0.1) is 0 Å². The van der Waals surface area contributed by atoms with Gasteiger partial charge in [-0.1, -0.05) is 24.3 Å². The first-order valence-electron chi connectivity index (χ1n) is 12.3. The van der Waals surface area contributed by atoms with E-state index in [-0.39, 0.29) is 17.8 Å². The maximum absolute atomic E-state index is 12.7. The Kier molecular flexibility index (Phi) is 8.23. The molecular formula is C27H34N4O4. The number of benzene rings is 2. The molecule has 35 heavy (non-hydrogen) atoms. The molecule has 2 aromatic rings. The van der Waals surface area contributed by atoms with Gasteiger partial charge in [0.2, 0.25) is 5.91 Å². The van der Waals surface area contributed by atoms with Gasteiger partial charge in [0.25, 0.3) is 5.91 Å². The highest BCUT2D eigenvalue weighted by atomic mass is 16.5. The van der Waals surface area contributed by atoms with E-state index < -0.39 is 0 Å². The molecule has 2 aliphatic rings. The summed E-state index contributed by atoms with van der Waals surface area (Å²) in [6.07, 6.45) is 3.25. The number of piperazine rings is 1. The van der Waals surface area contributed by atoms with Gasteiger partial charge in [-0.3, -0.25) is 9.59 Å². The second kappa shape index (κ2) is 11.7. The monoisotopic (exact) mass is 478 g/mol. The smallest absolute Gasteiger partial charge is 0.317 e. The van der Waals surface area contributed by atoms with Crippen molar-refractivity contribution in [3.05, 3.63) is 65.2 Å². The first-order chi connectivity index (χ1) is 17.0. The number of ether oxygens (including phenoxy) is 1. The highest BCUT2D eigenvalue weighted by Gasteiger charge is 2.24. The first-order valence-corrected chi connectivity index (χ1v) is 12.3. The summed E-state index contributed by atoms with van der Waals surface area (Å²) in [7, 11) is 1.63. The predicted molar refractivity (Wildman–Crippen MR) is 133 cm³/mol. The number of nitrogens with zero attached hydrogens (tertiary/aromatic N) is 3. The topological polar surface area (TPSA) is 82.2 Å². The van der Waals surface area contributed by atoms with Crippen molar-refractivity contribution in [3.8, 4) is 5.75 Å². The van der Waals surface area contributed by atoms with Gasteiger partial charge in [0.1, 0.15) is 5.75 Å². The Morgan fingerprint density at radius 2 is 1.51 bits per heavy atom. The quantitative estimate of drug-likeness (QED) is 0.664. The molecular weight excluding hydrogens is 444 g/mol. The summed E-state index contributed by atoms with van der Waals surface area (Å²) >= 11 is 0. The zero-order valence-electron chi connectivity index (χ0n) is 20.4. The summed E-state index contributed by atoms with van der Waals surface area (Å²) in [6.45, 7) is 4.08. The highest BCUT2D eigenvalue weighted by Crippen LogP contribution is 2.15.